The fourth-order valence-electron chi connectivity index (χ4n) is 7.36. The summed E-state index contributed by atoms with van der Waals surface area (Å²) in [6.07, 6.45) is 21.8. The maximum atomic E-state index is 15.0. The summed E-state index contributed by atoms with van der Waals surface area (Å²) < 4.78 is 69.3. The molecule has 0 aliphatic heterocycles. The van der Waals surface area contributed by atoms with E-state index in [0.717, 1.165) is 50.5 Å². The molecule has 0 unspecified atom stereocenters. The molecule has 1 aromatic carbocycles. The van der Waals surface area contributed by atoms with Crippen LogP contribution in [0.1, 0.15) is 128 Å². The normalized spacial score (nSPS) is 29.4. The van der Waals surface area contributed by atoms with Gasteiger partial charge in [-0.05, 0) is 125 Å². The summed E-state index contributed by atoms with van der Waals surface area (Å²) in [6, 6.07) is 2.58. The molecule has 42 heavy (non-hydrogen) atoms. The molecule has 3 saturated carbocycles. The second-order valence-electron chi connectivity index (χ2n) is 13.2. The van der Waals surface area contributed by atoms with E-state index >= 15 is 0 Å². The quantitative estimate of drug-likeness (QED) is 0.129. The maximum Gasteiger partial charge on any atom is 0.422 e. The Morgan fingerprint density at radius 2 is 1.36 bits per heavy atom. The van der Waals surface area contributed by atoms with E-state index in [2.05, 4.69) is 42.9 Å². The van der Waals surface area contributed by atoms with Crippen LogP contribution in [-0.4, -0.2) is 18.8 Å². The van der Waals surface area contributed by atoms with Crippen LogP contribution in [0.25, 0.3) is 0 Å². The van der Waals surface area contributed by atoms with Gasteiger partial charge in [-0.15, -0.1) is 0 Å². The van der Waals surface area contributed by atoms with Crippen LogP contribution in [0.15, 0.2) is 36.4 Å². The average Bonchev–Trinajstić information content (AvgIpc) is 2.99. The van der Waals surface area contributed by atoms with Crippen LogP contribution >= 0.6 is 0 Å². The molecular weight excluding hydrogens is 540 g/mol. The second-order valence-corrected chi connectivity index (χ2v) is 13.2. The van der Waals surface area contributed by atoms with Gasteiger partial charge in [-0.1, -0.05) is 63.0 Å². The first-order valence-corrected chi connectivity index (χ1v) is 16.7. The summed E-state index contributed by atoms with van der Waals surface area (Å²) >= 11 is 0. The minimum Gasteiger partial charge on any atom is -0.428 e. The third kappa shape index (κ3) is 9.86. The van der Waals surface area contributed by atoms with Gasteiger partial charge in [-0.25, -0.2) is 4.39 Å². The maximum absolute atomic E-state index is 15.0. The van der Waals surface area contributed by atoms with Crippen LogP contribution in [0.3, 0.4) is 0 Å². The van der Waals surface area contributed by atoms with Gasteiger partial charge in [0.25, 0.3) is 0 Å². The molecule has 0 spiro atoms. The summed E-state index contributed by atoms with van der Waals surface area (Å²) in [7, 11) is 0. The first-order valence-electron chi connectivity index (χ1n) is 16.7. The fourth-order valence-corrected chi connectivity index (χ4v) is 7.36. The highest BCUT2D eigenvalue weighted by atomic mass is 19.3. The molecule has 4 rings (SSSR count). The lowest BCUT2D eigenvalue weighted by molar-refractivity contribution is -0.223. The number of alkyl halides is 2. The largest absolute Gasteiger partial charge is 0.428 e. The number of hydrogen-bond acceptors (Lipinski definition) is 2. The third-order valence-corrected chi connectivity index (χ3v) is 9.98. The average molecular weight is 593 g/mol. The van der Waals surface area contributed by atoms with Crippen LogP contribution in [0.4, 0.5) is 17.6 Å². The van der Waals surface area contributed by atoms with Crippen molar-refractivity contribution < 1.29 is 27.0 Å². The van der Waals surface area contributed by atoms with Crippen LogP contribution < -0.4 is 4.74 Å². The number of allylic oxidation sites excluding steroid dienone is 4. The summed E-state index contributed by atoms with van der Waals surface area (Å²) in [6.45, 7) is 3.30. The molecule has 0 saturated heterocycles. The van der Waals surface area contributed by atoms with Crippen LogP contribution in [0.2, 0.25) is 0 Å². The van der Waals surface area contributed by atoms with E-state index in [0.29, 0.717) is 30.6 Å². The van der Waals surface area contributed by atoms with Crippen molar-refractivity contribution in [3.05, 3.63) is 53.6 Å². The van der Waals surface area contributed by atoms with E-state index in [4.69, 9.17) is 4.74 Å². The smallest absolute Gasteiger partial charge is 0.422 e. The number of rotatable bonds is 13. The van der Waals surface area contributed by atoms with E-state index in [9.17, 15) is 17.6 Å². The molecule has 0 atom stereocenters. The number of hydrogen-bond donors (Lipinski definition) is 0. The first-order chi connectivity index (χ1) is 20.3. The van der Waals surface area contributed by atoms with Gasteiger partial charge in [0.2, 0.25) is 5.82 Å². The predicted octanol–water partition coefficient (Wildman–Crippen LogP) is 11.3. The zero-order valence-corrected chi connectivity index (χ0v) is 25.8. The van der Waals surface area contributed by atoms with Crippen molar-refractivity contribution >= 4 is 0 Å². The van der Waals surface area contributed by atoms with Gasteiger partial charge in [0.1, 0.15) is 0 Å². The van der Waals surface area contributed by atoms with E-state index in [1.165, 1.54) is 57.4 Å². The molecule has 0 aromatic heterocycles. The molecule has 236 valence electrons. The first kappa shape index (κ1) is 33.1. The van der Waals surface area contributed by atoms with Gasteiger partial charge in [0.05, 0.1) is 6.10 Å². The number of benzene rings is 1. The zero-order chi connectivity index (χ0) is 30.0. The van der Waals surface area contributed by atoms with E-state index < -0.39 is 30.1 Å². The molecule has 6 heteroatoms. The number of unbranched alkanes of at least 4 members (excludes halogenated alkanes) is 2. The topological polar surface area (TPSA) is 18.5 Å². The fraction of sp³-hybridized carbons (Fsp3) is 0.722. The van der Waals surface area contributed by atoms with Gasteiger partial charge in [-0.2, -0.15) is 13.2 Å². The summed E-state index contributed by atoms with van der Waals surface area (Å²) in [4.78, 5) is 0. The van der Waals surface area contributed by atoms with E-state index in [1.54, 1.807) is 0 Å². The van der Waals surface area contributed by atoms with Gasteiger partial charge >= 0.3 is 6.11 Å². The standard InChI is InChI=1S/C36H52F4O2/c1-3-5-6-8-27-15-19-30(20-16-27)32-23-24-33(35(38)34(32)37)42-36(39,40)25-41-31-21-17-29(18-22-31)14-13-28-11-9-26(7-4-2)10-12-28/h4,7,13-14,23-24,26-31H,3,5-6,8-12,15-22,25H2,1-2H3. The molecule has 1 aromatic rings. The Labute approximate surface area is 251 Å². The van der Waals surface area contributed by atoms with Crippen LogP contribution in [-0.2, 0) is 4.74 Å². The highest BCUT2D eigenvalue weighted by Gasteiger charge is 2.36. The Kier molecular flexibility index (Phi) is 12.8. The van der Waals surface area contributed by atoms with E-state index in [-0.39, 0.29) is 17.6 Å². The lowest BCUT2D eigenvalue weighted by Gasteiger charge is -2.30. The molecule has 3 aliphatic carbocycles. The third-order valence-electron chi connectivity index (χ3n) is 9.98. The molecule has 0 N–H and O–H groups in total. The van der Waals surface area contributed by atoms with Crippen molar-refractivity contribution in [2.24, 2.45) is 23.7 Å². The molecule has 2 nitrogen and oxygen atoms in total. The minimum absolute atomic E-state index is 0.0805. The number of halogens is 4. The highest BCUT2D eigenvalue weighted by molar-refractivity contribution is 5.33. The van der Waals surface area contributed by atoms with Gasteiger partial charge < -0.3 is 9.47 Å². The van der Waals surface area contributed by atoms with Gasteiger partial charge in [0, 0.05) is 0 Å². The van der Waals surface area contributed by atoms with Crippen LogP contribution in [0.5, 0.6) is 5.75 Å². The Bertz CT molecular complexity index is 998. The van der Waals surface area contributed by atoms with Crippen molar-refractivity contribution in [2.75, 3.05) is 6.61 Å². The van der Waals surface area contributed by atoms with Crippen molar-refractivity contribution in [1.82, 2.24) is 0 Å². The van der Waals surface area contributed by atoms with Crippen molar-refractivity contribution in [3.8, 4) is 5.75 Å². The minimum atomic E-state index is -3.74. The molecule has 3 fully saturated rings. The lowest BCUT2D eigenvalue weighted by atomic mass is 9.77. The van der Waals surface area contributed by atoms with E-state index in [1.807, 2.05) is 0 Å². The molecule has 0 bridgehead atoms. The molecule has 0 amide bonds. The summed E-state index contributed by atoms with van der Waals surface area (Å²) in [5, 5.41) is 0. The van der Waals surface area contributed by atoms with Gasteiger partial charge in [-0.3, -0.25) is 0 Å². The van der Waals surface area contributed by atoms with Crippen molar-refractivity contribution in [2.45, 2.75) is 135 Å². The SMILES string of the molecule is CC=CC1CCC(C=CC2CCC(OCC(F)(F)Oc3ccc(C4CCC(CCCCC)CC4)c(F)c3F)CC2)CC1. The highest BCUT2D eigenvalue weighted by Crippen LogP contribution is 2.41. The number of ether oxygens (including phenoxy) is 2. The Morgan fingerprint density at radius 3 is 1.95 bits per heavy atom. The monoisotopic (exact) mass is 592 g/mol. The van der Waals surface area contributed by atoms with Crippen LogP contribution in [0, 0.1) is 35.3 Å². The molecule has 3 aliphatic rings. The molecule has 0 radical (unpaired) electrons. The summed E-state index contributed by atoms with van der Waals surface area (Å²) in [5.74, 6) is -0.761. The Hall–Kier alpha value is -1.82. The lowest BCUT2D eigenvalue weighted by Crippen LogP contribution is -2.34. The molecular formula is C36H52F4O2. The van der Waals surface area contributed by atoms with Crippen molar-refractivity contribution in [1.29, 1.82) is 0 Å². The van der Waals surface area contributed by atoms with Gasteiger partial charge in [0.15, 0.2) is 18.2 Å². The Morgan fingerprint density at radius 1 is 0.762 bits per heavy atom. The Balaban J connectivity index is 1.19. The summed E-state index contributed by atoms with van der Waals surface area (Å²) in [5.41, 5.74) is 0.276. The predicted molar refractivity (Wildman–Crippen MR) is 162 cm³/mol. The second kappa shape index (κ2) is 16.3. The van der Waals surface area contributed by atoms with Crippen molar-refractivity contribution in [3.63, 3.8) is 0 Å². The molecule has 0 heterocycles. The zero-order valence-electron chi connectivity index (χ0n) is 25.8.